The van der Waals surface area contributed by atoms with Crippen LogP contribution in [0, 0.1) is 6.92 Å². The van der Waals surface area contributed by atoms with Crippen molar-refractivity contribution in [3.63, 3.8) is 0 Å². The SMILES string of the molecule is CCN(C(=O)Cc1ccccc1N)c1ccc(C)cc1. The lowest BCUT2D eigenvalue weighted by Gasteiger charge is -2.21. The van der Waals surface area contributed by atoms with Gasteiger partial charge in [0.1, 0.15) is 0 Å². The highest BCUT2D eigenvalue weighted by atomic mass is 16.2. The van der Waals surface area contributed by atoms with Gasteiger partial charge >= 0.3 is 0 Å². The van der Waals surface area contributed by atoms with Crippen LogP contribution in [0.5, 0.6) is 0 Å². The molecular formula is C17H20N2O. The molecule has 2 aromatic carbocycles. The summed E-state index contributed by atoms with van der Waals surface area (Å²) in [6.07, 6.45) is 0.328. The molecule has 0 saturated carbocycles. The molecule has 0 aliphatic carbocycles. The molecule has 0 bridgehead atoms. The standard InChI is InChI=1S/C17H20N2O/c1-3-19(15-10-8-13(2)9-11-15)17(20)12-14-6-4-5-7-16(14)18/h4-11H,3,12,18H2,1-2H3. The zero-order chi connectivity index (χ0) is 14.5. The summed E-state index contributed by atoms with van der Waals surface area (Å²) < 4.78 is 0. The maximum atomic E-state index is 12.5. The molecule has 1 amide bonds. The predicted octanol–water partition coefficient (Wildman–Crippen LogP) is 3.17. The van der Waals surface area contributed by atoms with Gasteiger partial charge in [0.15, 0.2) is 0 Å². The van der Waals surface area contributed by atoms with Gasteiger partial charge in [0.05, 0.1) is 6.42 Å². The lowest BCUT2D eigenvalue weighted by atomic mass is 10.1. The number of hydrogen-bond acceptors (Lipinski definition) is 2. The Kier molecular flexibility index (Phi) is 4.41. The Morgan fingerprint density at radius 2 is 1.75 bits per heavy atom. The fourth-order valence-corrected chi connectivity index (χ4v) is 2.18. The molecule has 3 nitrogen and oxygen atoms in total. The van der Waals surface area contributed by atoms with Gasteiger partial charge < -0.3 is 10.6 Å². The summed E-state index contributed by atoms with van der Waals surface area (Å²) in [5.41, 5.74) is 9.56. The van der Waals surface area contributed by atoms with Crippen LogP contribution in [0.1, 0.15) is 18.1 Å². The molecule has 3 heteroatoms. The first-order chi connectivity index (χ1) is 9.61. The molecule has 0 fully saturated rings. The van der Waals surface area contributed by atoms with E-state index in [1.165, 1.54) is 5.56 Å². The summed E-state index contributed by atoms with van der Waals surface area (Å²) in [5.74, 6) is 0.0641. The minimum absolute atomic E-state index is 0.0641. The number of benzene rings is 2. The molecule has 0 spiro atoms. The third kappa shape index (κ3) is 3.18. The largest absolute Gasteiger partial charge is 0.398 e. The fourth-order valence-electron chi connectivity index (χ4n) is 2.18. The first kappa shape index (κ1) is 14.1. The van der Waals surface area contributed by atoms with Crippen molar-refractivity contribution in [3.05, 3.63) is 59.7 Å². The number of hydrogen-bond donors (Lipinski definition) is 1. The maximum absolute atomic E-state index is 12.5. The fraction of sp³-hybridized carbons (Fsp3) is 0.235. The van der Waals surface area contributed by atoms with Gasteiger partial charge in [-0.25, -0.2) is 0 Å². The van der Waals surface area contributed by atoms with Crippen LogP contribution in [0.15, 0.2) is 48.5 Å². The van der Waals surface area contributed by atoms with Gasteiger partial charge in [-0.1, -0.05) is 35.9 Å². The second-order valence-corrected chi connectivity index (χ2v) is 4.85. The van der Waals surface area contributed by atoms with E-state index in [9.17, 15) is 4.79 Å². The van der Waals surface area contributed by atoms with Crippen molar-refractivity contribution in [2.24, 2.45) is 0 Å². The third-order valence-electron chi connectivity index (χ3n) is 3.36. The van der Waals surface area contributed by atoms with Gasteiger partial charge in [-0.2, -0.15) is 0 Å². The van der Waals surface area contributed by atoms with Gasteiger partial charge in [-0.3, -0.25) is 4.79 Å². The Labute approximate surface area is 120 Å². The summed E-state index contributed by atoms with van der Waals surface area (Å²) in [5, 5.41) is 0. The molecule has 2 N–H and O–H groups in total. The Bertz CT molecular complexity index is 590. The second-order valence-electron chi connectivity index (χ2n) is 4.85. The molecule has 0 unspecified atom stereocenters. The molecule has 20 heavy (non-hydrogen) atoms. The minimum atomic E-state index is 0.0641. The van der Waals surface area contributed by atoms with Crippen molar-refractivity contribution in [3.8, 4) is 0 Å². The van der Waals surface area contributed by atoms with Crippen LogP contribution in [0.25, 0.3) is 0 Å². The van der Waals surface area contributed by atoms with Crippen LogP contribution in [0.2, 0.25) is 0 Å². The molecule has 0 aliphatic heterocycles. The molecule has 0 heterocycles. The van der Waals surface area contributed by atoms with Crippen LogP contribution in [-0.2, 0) is 11.2 Å². The van der Waals surface area contributed by atoms with Crippen molar-refractivity contribution < 1.29 is 4.79 Å². The Balaban J connectivity index is 2.18. The van der Waals surface area contributed by atoms with Crippen LogP contribution < -0.4 is 10.6 Å². The molecule has 0 aliphatic rings. The first-order valence-electron chi connectivity index (χ1n) is 6.82. The number of amides is 1. The smallest absolute Gasteiger partial charge is 0.231 e. The normalized spacial score (nSPS) is 10.3. The van der Waals surface area contributed by atoms with Crippen LogP contribution in [0.4, 0.5) is 11.4 Å². The molecule has 0 radical (unpaired) electrons. The average molecular weight is 268 g/mol. The Hall–Kier alpha value is -2.29. The minimum Gasteiger partial charge on any atom is -0.398 e. The molecular weight excluding hydrogens is 248 g/mol. The number of anilines is 2. The number of carbonyl (C=O) groups is 1. The first-order valence-corrected chi connectivity index (χ1v) is 6.82. The summed E-state index contributed by atoms with van der Waals surface area (Å²) in [6.45, 7) is 4.66. The van der Waals surface area contributed by atoms with Crippen molar-refractivity contribution in [2.45, 2.75) is 20.3 Å². The maximum Gasteiger partial charge on any atom is 0.231 e. The van der Waals surface area contributed by atoms with E-state index >= 15 is 0 Å². The molecule has 0 aromatic heterocycles. The van der Waals surface area contributed by atoms with Gasteiger partial charge in [-0.05, 0) is 37.6 Å². The van der Waals surface area contributed by atoms with E-state index in [-0.39, 0.29) is 5.91 Å². The molecule has 0 atom stereocenters. The van der Waals surface area contributed by atoms with E-state index in [0.29, 0.717) is 18.7 Å². The highest BCUT2D eigenvalue weighted by Gasteiger charge is 2.15. The number of aryl methyl sites for hydroxylation is 1. The Morgan fingerprint density at radius 1 is 1.10 bits per heavy atom. The number of carbonyl (C=O) groups excluding carboxylic acids is 1. The predicted molar refractivity (Wildman–Crippen MR) is 83.8 cm³/mol. The number of nitrogens with zero attached hydrogens (tertiary/aromatic N) is 1. The topological polar surface area (TPSA) is 46.3 Å². The van der Waals surface area contributed by atoms with E-state index in [1.54, 1.807) is 4.90 Å². The number of nitrogens with two attached hydrogens (primary N) is 1. The average Bonchev–Trinajstić information content (AvgIpc) is 2.44. The number of nitrogen functional groups attached to an aromatic ring is 1. The molecule has 2 aromatic rings. The van der Waals surface area contributed by atoms with Crippen molar-refractivity contribution >= 4 is 17.3 Å². The zero-order valence-corrected chi connectivity index (χ0v) is 12.0. The summed E-state index contributed by atoms with van der Waals surface area (Å²) in [6, 6.07) is 15.5. The quantitative estimate of drug-likeness (QED) is 0.866. The van der Waals surface area contributed by atoms with E-state index in [2.05, 4.69) is 0 Å². The third-order valence-corrected chi connectivity index (χ3v) is 3.36. The summed E-state index contributed by atoms with van der Waals surface area (Å²) in [7, 11) is 0. The van der Waals surface area contributed by atoms with E-state index in [4.69, 9.17) is 5.73 Å². The van der Waals surface area contributed by atoms with Crippen LogP contribution in [0.3, 0.4) is 0 Å². The van der Waals surface area contributed by atoms with Crippen molar-refractivity contribution in [2.75, 3.05) is 17.2 Å². The number of likely N-dealkylation sites (N-methyl/N-ethyl adjacent to an activating group) is 1. The van der Waals surface area contributed by atoms with E-state index < -0.39 is 0 Å². The van der Waals surface area contributed by atoms with Crippen LogP contribution in [-0.4, -0.2) is 12.5 Å². The van der Waals surface area contributed by atoms with Crippen LogP contribution >= 0.6 is 0 Å². The molecule has 0 saturated heterocycles. The summed E-state index contributed by atoms with van der Waals surface area (Å²) in [4.78, 5) is 14.2. The van der Waals surface area contributed by atoms with Gasteiger partial charge in [-0.15, -0.1) is 0 Å². The lowest BCUT2D eigenvalue weighted by Crippen LogP contribution is -2.32. The molecule has 2 rings (SSSR count). The van der Waals surface area contributed by atoms with E-state index in [0.717, 1.165) is 11.3 Å². The molecule has 104 valence electrons. The van der Waals surface area contributed by atoms with Gasteiger partial charge in [0, 0.05) is 17.9 Å². The van der Waals surface area contributed by atoms with E-state index in [1.807, 2.05) is 62.4 Å². The summed E-state index contributed by atoms with van der Waals surface area (Å²) >= 11 is 0. The van der Waals surface area contributed by atoms with Gasteiger partial charge in [0.2, 0.25) is 5.91 Å². The van der Waals surface area contributed by atoms with Gasteiger partial charge in [0.25, 0.3) is 0 Å². The number of rotatable bonds is 4. The second kappa shape index (κ2) is 6.24. The highest BCUT2D eigenvalue weighted by Crippen LogP contribution is 2.18. The number of para-hydroxylation sites is 1. The zero-order valence-electron chi connectivity index (χ0n) is 12.0. The van der Waals surface area contributed by atoms with Crippen molar-refractivity contribution in [1.82, 2.24) is 0 Å². The van der Waals surface area contributed by atoms with Crippen molar-refractivity contribution in [1.29, 1.82) is 0 Å². The highest BCUT2D eigenvalue weighted by molar-refractivity contribution is 5.95. The lowest BCUT2D eigenvalue weighted by molar-refractivity contribution is -0.117. The monoisotopic (exact) mass is 268 g/mol. The Morgan fingerprint density at radius 3 is 2.35 bits per heavy atom.